The molecule has 6 heteroatoms. The van der Waals surface area contributed by atoms with Crippen molar-refractivity contribution in [3.8, 4) is 0 Å². The molecule has 2 aromatic carbocycles. The predicted octanol–water partition coefficient (Wildman–Crippen LogP) is 4.79. The number of alkyl halides is 3. The van der Waals surface area contributed by atoms with Crippen LogP contribution in [0.3, 0.4) is 0 Å². The number of carbonyl (C=O) groups is 1. The van der Waals surface area contributed by atoms with E-state index in [4.69, 9.17) is 0 Å². The molecule has 0 radical (unpaired) electrons. The number of aryl methyl sites for hydroxylation is 1. The fourth-order valence-electron chi connectivity index (χ4n) is 2.61. The Bertz CT molecular complexity index is 727. The summed E-state index contributed by atoms with van der Waals surface area (Å²) in [7, 11) is 0. The lowest BCUT2D eigenvalue weighted by atomic mass is 10.1. The minimum atomic E-state index is -4.44. The van der Waals surface area contributed by atoms with E-state index in [-0.39, 0.29) is 17.2 Å². The summed E-state index contributed by atoms with van der Waals surface area (Å²) in [5, 5.41) is -0.664. The third kappa shape index (κ3) is 3.08. The Labute approximate surface area is 136 Å². The molecule has 1 aliphatic heterocycles. The van der Waals surface area contributed by atoms with Gasteiger partial charge in [-0.25, -0.2) is 0 Å². The molecule has 2 nitrogen and oxygen atoms in total. The van der Waals surface area contributed by atoms with Gasteiger partial charge in [0.15, 0.2) is 0 Å². The predicted molar refractivity (Wildman–Crippen MR) is 85.3 cm³/mol. The second-order valence-electron chi connectivity index (χ2n) is 5.35. The molecule has 3 rings (SSSR count). The average molecular weight is 337 g/mol. The first kappa shape index (κ1) is 15.9. The van der Waals surface area contributed by atoms with Crippen molar-refractivity contribution in [2.24, 2.45) is 0 Å². The van der Waals surface area contributed by atoms with Crippen molar-refractivity contribution >= 4 is 23.4 Å². The van der Waals surface area contributed by atoms with E-state index in [9.17, 15) is 18.0 Å². The fourth-order valence-corrected chi connectivity index (χ4v) is 3.82. The van der Waals surface area contributed by atoms with E-state index in [1.165, 1.54) is 28.8 Å². The second-order valence-corrected chi connectivity index (χ2v) is 6.42. The third-order valence-corrected chi connectivity index (χ3v) is 4.91. The third-order valence-electron chi connectivity index (χ3n) is 3.71. The van der Waals surface area contributed by atoms with Crippen LogP contribution in [0.5, 0.6) is 0 Å². The van der Waals surface area contributed by atoms with Gasteiger partial charge in [0.05, 0.1) is 11.3 Å². The molecule has 0 aliphatic carbocycles. The summed E-state index contributed by atoms with van der Waals surface area (Å²) in [4.78, 5) is 13.7. The molecule has 23 heavy (non-hydrogen) atoms. The Morgan fingerprint density at radius 2 is 1.74 bits per heavy atom. The maximum atomic E-state index is 13.3. The van der Waals surface area contributed by atoms with Crippen molar-refractivity contribution in [1.29, 1.82) is 0 Å². The standard InChI is InChI=1S/C17H14F3NOS/c1-11-6-8-12(9-7-11)21-15(22)10-23-16(21)13-4-2-3-5-14(13)17(18,19)20/h2-9,16H,10H2,1H3/t16-/m1/s1. The number of halogens is 3. The van der Waals surface area contributed by atoms with Crippen molar-refractivity contribution in [3.63, 3.8) is 0 Å². The van der Waals surface area contributed by atoms with Gasteiger partial charge in [0.25, 0.3) is 0 Å². The number of hydrogen-bond acceptors (Lipinski definition) is 2. The van der Waals surface area contributed by atoms with Crippen LogP contribution in [0.1, 0.15) is 22.1 Å². The first-order valence-electron chi connectivity index (χ1n) is 7.04. The molecule has 0 bridgehead atoms. The Morgan fingerprint density at radius 3 is 2.39 bits per heavy atom. The van der Waals surface area contributed by atoms with Crippen LogP contribution < -0.4 is 4.90 Å². The van der Waals surface area contributed by atoms with Gasteiger partial charge >= 0.3 is 6.18 Å². The van der Waals surface area contributed by atoms with Crippen LogP contribution in [-0.4, -0.2) is 11.7 Å². The number of anilines is 1. The fraction of sp³-hybridized carbons (Fsp3) is 0.235. The van der Waals surface area contributed by atoms with E-state index in [1.54, 1.807) is 18.2 Å². The van der Waals surface area contributed by atoms with Gasteiger partial charge in [-0.3, -0.25) is 9.69 Å². The average Bonchev–Trinajstić information content (AvgIpc) is 2.89. The summed E-state index contributed by atoms with van der Waals surface area (Å²) < 4.78 is 39.8. The first-order chi connectivity index (χ1) is 10.9. The van der Waals surface area contributed by atoms with E-state index in [2.05, 4.69) is 0 Å². The second kappa shape index (κ2) is 5.92. The van der Waals surface area contributed by atoms with Gasteiger partial charge in [-0.2, -0.15) is 13.2 Å². The Morgan fingerprint density at radius 1 is 1.09 bits per heavy atom. The molecular formula is C17H14F3NOS. The highest BCUT2D eigenvalue weighted by molar-refractivity contribution is 8.00. The van der Waals surface area contributed by atoms with Crippen molar-refractivity contribution in [1.82, 2.24) is 0 Å². The van der Waals surface area contributed by atoms with Crippen molar-refractivity contribution in [2.45, 2.75) is 18.5 Å². The number of amides is 1. The van der Waals surface area contributed by atoms with E-state index in [0.717, 1.165) is 11.6 Å². The zero-order chi connectivity index (χ0) is 16.6. The minimum Gasteiger partial charge on any atom is -0.295 e. The largest absolute Gasteiger partial charge is 0.416 e. The van der Waals surface area contributed by atoms with Crippen LogP contribution in [0.15, 0.2) is 48.5 Å². The summed E-state index contributed by atoms with van der Waals surface area (Å²) in [6.45, 7) is 1.92. The van der Waals surface area contributed by atoms with Crippen LogP contribution in [0.25, 0.3) is 0 Å². The maximum absolute atomic E-state index is 13.3. The summed E-state index contributed by atoms with van der Waals surface area (Å²) in [5.41, 5.74) is 1.08. The molecule has 2 aromatic rings. The molecule has 1 atom stereocenters. The van der Waals surface area contributed by atoms with Crippen LogP contribution in [0.2, 0.25) is 0 Å². The summed E-state index contributed by atoms with van der Waals surface area (Å²) in [6.07, 6.45) is -4.44. The molecule has 0 N–H and O–H groups in total. The topological polar surface area (TPSA) is 20.3 Å². The molecule has 1 heterocycles. The highest BCUT2D eigenvalue weighted by atomic mass is 32.2. The highest BCUT2D eigenvalue weighted by Gasteiger charge is 2.40. The zero-order valence-electron chi connectivity index (χ0n) is 12.3. The van der Waals surface area contributed by atoms with Crippen molar-refractivity contribution in [2.75, 3.05) is 10.7 Å². The SMILES string of the molecule is Cc1ccc(N2C(=O)CS[C@@H]2c2ccccc2C(F)(F)F)cc1. The minimum absolute atomic E-state index is 0.122. The molecule has 0 saturated carbocycles. The quantitative estimate of drug-likeness (QED) is 0.785. The van der Waals surface area contributed by atoms with Gasteiger partial charge in [-0.05, 0) is 30.7 Å². The van der Waals surface area contributed by atoms with Gasteiger partial charge in [0.2, 0.25) is 5.91 Å². The van der Waals surface area contributed by atoms with Crippen LogP contribution in [0, 0.1) is 6.92 Å². The Hall–Kier alpha value is -1.95. The van der Waals surface area contributed by atoms with Gasteiger partial charge in [0.1, 0.15) is 5.37 Å². The van der Waals surface area contributed by atoms with Gasteiger partial charge < -0.3 is 0 Å². The van der Waals surface area contributed by atoms with E-state index >= 15 is 0 Å². The van der Waals surface area contributed by atoms with Gasteiger partial charge in [-0.1, -0.05) is 35.9 Å². The Kier molecular flexibility index (Phi) is 4.10. The lowest BCUT2D eigenvalue weighted by Gasteiger charge is -2.26. The molecule has 120 valence electrons. The maximum Gasteiger partial charge on any atom is 0.416 e. The zero-order valence-corrected chi connectivity index (χ0v) is 13.1. The number of carbonyl (C=O) groups excluding carboxylic acids is 1. The molecule has 1 amide bonds. The normalized spacial score (nSPS) is 18.5. The number of benzene rings is 2. The molecule has 0 aromatic heterocycles. The number of thioether (sulfide) groups is 1. The summed E-state index contributed by atoms with van der Waals surface area (Å²) >= 11 is 1.22. The van der Waals surface area contributed by atoms with Gasteiger partial charge in [-0.15, -0.1) is 11.8 Å². The first-order valence-corrected chi connectivity index (χ1v) is 8.09. The Balaban J connectivity index is 2.05. The van der Waals surface area contributed by atoms with Crippen LogP contribution in [-0.2, 0) is 11.0 Å². The van der Waals surface area contributed by atoms with E-state index in [1.807, 2.05) is 19.1 Å². The molecule has 0 unspecified atom stereocenters. The highest BCUT2D eigenvalue weighted by Crippen LogP contribution is 2.45. The lowest BCUT2D eigenvalue weighted by molar-refractivity contribution is -0.138. The summed E-state index contributed by atoms with van der Waals surface area (Å²) in [5.74, 6) is -0.00842. The van der Waals surface area contributed by atoms with Crippen LogP contribution >= 0.6 is 11.8 Å². The van der Waals surface area contributed by atoms with Crippen LogP contribution in [0.4, 0.5) is 18.9 Å². The van der Waals surface area contributed by atoms with Crippen molar-refractivity contribution < 1.29 is 18.0 Å². The number of nitrogens with zero attached hydrogens (tertiary/aromatic N) is 1. The number of hydrogen-bond donors (Lipinski definition) is 0. The van der Waals surface area contributed by atoms with Crippen molar-refractivity contribution in [3.05, 3.63) is 65.2 Å². The molecule has 0 spiro atoms. The summed E-state index contributed by atoms with van der Waals surface area (Å²) in [6, 6.07) is 12.7. The molecule has 1 fully saturated rings. The number of rotatable bonds is 2. The lowest BCUT2D eigenvalue weighted by Crippen LogP contribution is -2.29. The van der Waals surface area contributed by atoms with E-state index < -0.39 is 17.1 Å². The smallest absolute Gasteiger partial charge is 0.295 e. The molecule has 1 saturated heterocycles. The van der Waals surface area contributed by atoms with E-state index in [0.29, 0.717) is 5.69 Å². The molecule has 1 aliphatic rings. The monoisotopic (exact) mass is 337 g/mol. The molecular weight excluding hydrogens is 323 g/mol. The van der Waals surface area contributed by atoms with Gasteiger partial charge in [0, 0.05) is 5.69 Å².